The van der Waals surface area contributed by atoms with E-state index in [1.807, 2.05) is 61.5 Å². The Morgan fingerprint density at radius 1 is 1.10 bits per heavy atom. The molecule has 2 aromatic carbocycles. The van der Waals surface area contributed by atoms with Gasteiger partial charge in [0.15, 0.2) is 11.5 Å². The molecule has 3 N–H and O–H groups in total. The number of carbonyl (C=O) groups is 1. The lowest BCUT2D eigenvalue weighted by atomic mass is 10.0. The van der Waals surface area contributed by atoms with Crippen LogP contribution in [0.5, 0.6) is 5.88 Å². The molecular formula is C31H24N8O3. The minimum atomic E-state index is -0.588. The van der Waals surface area contributed by atoms with Gasteiger partial charge in [0, 0.05) is 29.3 Å². The molecule has 206 valence electrons. The summed E-state index contributed by atoms with van der Waals surface area (Å²) in [5.74, 6) is 6.55. The van der Waals surface area contributed by atoms with Gasteiger partial charge in [0.2, 0.25) is 5.88 Å². The van der Waals surface area contributed by atoms with Gasteiger partial charge in [-0.05, 0) is 42.6 Å². The number of nitrogens with zero attached hydrogens (tertiary/aromatic N) is 6. The summed E-state index contributed by atoms with van der Waals surface area (Å²) in [6.45, 7) is 3.06. The van der Waals surface area contributed by atoms with Crippen molar-refractivity contribution in [1.29, 1.82) is 0 Å². The monoisotopic (exact) mass is 556 g/mol. The first-order valence-electron chi connectivity index (χ1n) is 13.3. The molecule has 42 heavy (non-hydrogen) atoms. The molecule has 0 radical (unpaired) electrons. The van der Waals surface area contributed by atoms with Crippen molar-refractivity contribution < 1.29 is 9.53 Å². The zero-order valence-corrected chi connectivity index (χ0v) is 22.5. The van der Waals surface area contributed by atoms with Crippen molar-refractivity contribution in [2.45, 2.75) is 19.5 Å². The number of ether oxygens (including phenoxy) is 1. The fourth-order valence-corrected chi connectivity index (χ4v) is 5.25. The van der Waals surface area contributed by atoms with Gasteiger partial charge in [-0.1, -0.05) is 42.2 Å². The number of fused-ring (bicyclic) bond motifs is 3. The average molecular weight is 557 g/mol. The second-order valence-electron chi connectivity index (χ2n) is 9.84. The van der Waals surface area contributed by atoms with Gasteiger partial charge >= 0.3 is 0 Å². The summed E-state index contributed by atoms with van der Waals surface area (Å²) in [4.78, 5) is 32.0. The summed E-state index contributed by atoms with van der Waals surface area (Å²) in [5.41, 5.74) is 8.83. The highest BCUT2D eigenvalue weighted by Crippen LogP contribution is 2.25. The molecule has 0 bridgehead atoms. The fraction of sp³-hybridized carbons (Fsp3) is 0.129. The van der Waals surface area contributed by atoms with Crippen LogP contribution in [-0.2, 0) is 6.54 Å². The molecule has 0 fully saturated rings. The molecule has 0 saturated carbocycles. The lowest BCUT2D eigenvalue weighted by molar-refractivity contribution is 0.0941. The van der Waals surface area contributed by atoms with E-state index < -0.39 is 11.9 Å². The van der Waals surface area contributed by atoms with E-state index in [9.17, 15) is 9.59 Å². The molecule has 0 spiro atoms. The molecule has 11 nitrogen and oxygen atoms in total. The van der Waals surface area contributed by atoms with Crippen LogP contribution in [-0.4, -0.2) is 41.5 Å². The molecule has 0 saturated heterocycles. The van der Waals surface area contributed by atoms with Crippen molar-refractivity contribution in [3.05, 3.63) is 112 Å². The molecule has 1 aliphatic heterocycles. The van der Waals surface area contributed by atoms with E-state index in [2.05, 4.69) is 32.3 Å². The number of hydrogen-bond donors (Lipinski definition) is 2. The zero-order chi connectivity index (χ0) is 28.8. The van der Waals surface area contributed by atoms with Crippen LogP contribution in [0.25, 0.3) is 22.1 Å². The van der Waals surface area contributed by atoms with Crippen molar-refractivity contribution >= 4 is 28.1 Å². The van der Waals surface area contributed by atoms with Gasteiger partial charge < -0.3 is 15.8 Å². The van der Waals surface area contributed by atoms with Crippen molar-refractivity contribution in [3.63, 3.8) is 0 Å². The highest BCUT2D eigenvalue weighted by Gasteiger charge is 2.24. The third-order valence-corrected chi connectivity index (χ3v) is 7.20. The first kappa shape index (κ1) is 25.1. The SMILES string of the molecule is C[C@H](NC(=O)c1c(N)nn2cccnc12)c1cc2cccc(C#Cc3cnn4c3OCC4)c2c(=O)n1-c1ccccc1. The summed E-state index contributed by atoms with van der Waals surface area (Å²) in [5, 5.41) is 12.7. The zero-order valence-electron chi connectivity index (χ0n) is 22.5. The van der Waals surface area contributed by atoms with Crippen LogP contribution in [0.3, 0.4) is 0 Å². The molecule has 0 aliphatic carbocycles. The van der Waals surface area contributed by atoms with E-state index in [0.29, 0.717) is 58.0 Å². The number of nitrogens with one attached hydrogen (secondary N) is 1. The van der Waals surface area contributed by atoms with Crippen molar-refractivity contribution in [2.75, 3.05) is 12.3 Å². The van der Waals surface area contributed by atoms with Crippen LogP contribution < -0.4 is 21.3 Å². The number of benzene rings is 2. The number of anilines is 1. The van der Waals surface area contributed by atoms with Gasteiger partial charge in [0.1, 0.15) is 17.7 Å². The summed E-state index contributed by atoms with van der Waals surface area (Å²) in [6.07, 6.45) is 4.91. The molecule has 1 amide bonds. The molecular weight excluding hydrogens is 532 g/mol. The Morgan fingerprint density at radius 3 is 2.79 bits per heavy atom. The molecule has 4 aromatic heterocycles. The van der Waals surface area contributed by atoms with Crippen LogP contribution in [0.15, 0.2) is 84.0 Å². The summed E-state index contributed by atoms with van der Waals surface area (Å²) >= 11 is 0. The molecule has 1 aliphatic rings. The van der Waals surface area contributed by atoms with Crippen LogP contribution in [0.4, 0.5) is 5.82 Å². The van der Waals surface area contributed by atoms with Gasteiger partial charge in [-0.15, -0.1) is 5.10 Å². The van der Waals surface area contributed by atoms with Gasteiger partial charge in [0.05, 0.1) is 24.2 Å². The number of para-hydroxylation sites is 1. The molecule has 11 heteroatoms. The molecule has 6 aromatic rings. The summed E-state index contributed by atoms with van der Waals surface area (Å²) in [6, 6.07) is 17.8. The summed E-state index contributed by atoms with van der Waals surface area (Å²) < 4.78 is 10.5. The minimum absolute atomic E-state index is 0.0649. The van der Waals surface area contributed by atoms with E-state index in [-0.39, 0.29) is 16.9 Å². The van der Waals surface area contributed by atoms with E-state index in [1.54, 1.807) is 33.9 Å². The quantitative estimate of drug-likeness (QED) is 0.319. The Morgan fingerprint density at radius 2 is 1.93 bits per heavy atom. The number of pyridine rings is 1. The topological polar surface area (TPSA) is 134 Å². The number of nitrogens with two attached hydrogens (primary N) is 1. The van der Waals surface area contributed by atoms with Crippen LogP contribution >= 0.6 is 0 Å². The van der Waals surface area contributed by atoms with Crippen LogP contribution in [0.1, 0.15) is 40.1 Å². The van der Waals surface area contributed by atoms with E-state index in [1.165, 1.54) is 4.52 Å². The van der Waals surface area contributed by atoms with Gasteiger partial charge in [-0.2, -0.15) is 5.10 Å². The molecule has 1 atom stereocenters. The van der Waals surface area contributed by atoms with Crippen molar-refractivity contribution in [3.8, 4) is 23.4 Å². The number of nitrogen functional groups attached to an aromatic ring is 1. The minimum Gasteiger partial charge on any atom is -0.475 e. The van der Waals surface area contributed by atoms with Crippen LogP contribution in [0.2, 0.25) is 0 Å². The fourth-order valence-electron chi connectivity index (χ4n) is 5.25. The first-order valence-corrected chi connectivity index (χ1v) is 13.3. The molecule has 0 unspecified atom stereocenters. The van der Waals surface area contributed by atoms with E-state index in [4.69, 9.17) is 10.5 Å². The van der Waals surface area contributed by atoms with Crippen molar-refractivity contribution in [1.82, 2.24) is 34.3 Å². The Hall–Kier alpha value is -5.89. The van der Waals surface area contributed by atoms with Gasteiger partial charge in [-0.25, -0.2) is 14.2 Å². The van der Waals surface area contributed by atoms with Crippen molar-refractivity contribution in [2.24, 2.45) is 0 Å². The Kier molecular flexibility index (Phi) is 5.94. The van der Waals surface area contributed by atoms with Gasteiger partial charge in [0.25, 0.3) is 11.5 Å². The smallest absolute Gasteiger partial charge is 0.264 e. The third-order valence-electron chi connectivity index (χ3n) is 7.20. The maximum Gasteiger partial charge on any atom is 0.264 e. The molecule has 5 heterocycles. The highest BCUT2D eigenvalue weighted by atomic mass is 16.5. The number of rotatable bonds is 4. The maximum atomic E-state index is 14.3. The second kappa shape index (κ2) is 9.94. The number of aromatic nitrogens is 6. The number of amides is 1. The maximum absolute atomic E-state index is 14.3. The third kappa shape index (κ3) is 4.13. The largest absolute Gasteiger partial charge is 0.475 e. The standard InChI is InChI=1S/C31H24N8O3/c1-19(35-29(40)26-27(32)36-37-14-6-13-33-28(26)37)24-17-21-8-5-7-20(11-12-22-18-34-38-15-16-42-31(22)38)25(21)30(41)39(24)23-9-3-2-4-10-23/h2-10,13-14,17-19H,15-16H2,1H3,(H2,32,36)(H,35,40)/t19-/m0/s1. The van der Waals surface area contributed by atoms with Crippen LogP contribution in [0, 0.1) is 11.8 Å². The Labute approximate surface area is 239 Å². The lowest BCUT2D eigenvalue weighted by Gasteiger charge is -2.21. The average Bonchev–Trinajstić information content (AvgIpc) is 3.70. The van der Waals surface area contributed by atoms with E-state index in [0.717, 1.165) is 0 Å². The van der Waals surface area contributed by atoms with E-state index >= 15 is 0 Å². The predicted octanol–water partition coefficient (Wildman–Crippen LogP) is 3.10. The number of carbonyl (C=O) groups excluding carboxylic acids is 1. The Bertz CT molecular complexity index is 2130. The first-order chi connectivity index (χ1) is 20.5. The highest BCUT2D eigenvalue weighted by molar-refractivity contribution is 6.04. The summed E-state index contributed by atoms with van der Waals surface area (Å²) in [7, 11) is 0. The predicted molar refractivity (Wildman–Crippen MR) is 157 cm³/mol. The Balaban J connectivity index is 1.34. The number of hydrogen-bond acceptors (Lipinski definition) is 7. The lowest BCUT2D eigenvalue weighted by Crippen LogP contribution is -2.32. The van der Waals surface area contributed by atoms with Gasteiger partial charge in [-0.3, -0.25) is 14.2 Å². The normalized spacial score (nSPS) is 12.9. The second-order valence-corrected chi connectivity index (χ2v) is 9.84. The molecule has 7 rings (SSSR count).